The SMILES string of the molecule is CC1CCCN(C(=O)c2nc(C(=O)Nc3ccc(C#N)cc3)c3n2CCCC3)C1. The number of piperidine rings is 1. The molecule has 1 saturated heterocycles. The molecular formula is C22H25N5O2. The number of nitrogens with zero attached hydrogens (tertiary/aromatic N) is 4. The Hall–Kier alpha value is -3.14. The van der Waals surface area contributed by atoms with Gasteiger partial charge in [-0.05, 0) is 62.3 Å². The summed E-state index contributed by atoms with van der Waals surface area (Å²) in [5.74, 6) is 0.491. The first-order valence-corrected chi connectivity index (χ1v) is 10.3. The van der Waals surface area contributed by atoms with E-state index in [2.05, 4.69) is 23.3 Å². The minimum Gasteiger partial charge on any atom is -0.336 e. The number of hydrogen-bond donors (Lipinski definition) is 1. The number of aromatic nitrogens is 2. The number of likely N-dealkylation sites (tertiary alicyclic amines) is 1. The molecular weight excluding hydrogens is 366 g/mol. The van der Waals surface area contributed by atoms with Crippen LogP contribution in [0.1, 0.15) is 65.0 Å². The van der Waals surface area contributed by atoms with Crippen molar-refractivity contribution in [1.29, 1.82) is 5.26 Å². The molecule has 29 heavy (non-hydrogen) atoms. The Bertz CT molecular complexity index is 970. The molecule has 4 rings (SSSR count). The molecule has 1 fully saturated rings. The molecule has 3 heterocycles. The number of carbonyl (C=O) groups is 2. The van der Waals surface area contributed by atoms with Crippen molar-refractivity contribution >= 4 is 17.5 Å². The summed E-state index contributed by atoms with van der Waals surface area (Å²) in [4.78, 5) is 32.5. The first kappa shape index (κ1) is 19.2. The Morgan fingerprint density at radius 2 is 1.97 bits per heavy atom. The second-order valence-electron chi connectivity index (χ2n) is 7.98. The van der Waals surface area contributed by atoms with E-state index in [-0.39, 0.29) is 11.8 Å². The molecule has 0 aliphatic carbocycles. The van der Waals surface area contributed by atoms with Crippen LogP contribution in [0.15, 0.2) is 24.3 Å². The highest BCUT2D eigenvalue weighted by atomic mass is 16.2. The Morgan fingerprint density at radius 1 is 1.17 bits per heavy atom. The summed E-state index contributed by atoms with van der Waals surface area (Å²) in [6.07, 6.45) is 4.86. The molecule has 2 aliphatic rings. The van der Waals surface area contributed by atoms with Gasteiger partial charge in [-0.25, -0.2) is 4.98 Å². The summed E-state index contributed by atoms with van der Waals surface area (Å²) in [5.41, 5.74) is 2.31. The molecule has 0 spiro atoms. The van der Waals surface area contributed by atoms with Gasteiger partial charge in [-0.3, -0.25) is 9.59 Å². The van der Waals surface area contributed by atoms with Crippen molar-refractivity contribution in [3.63, 3.8) is 0 Å². The highest BCUT2D eigenvalue weighted by molar-refractivity contribution is 6.05. The van der Waals surface area contributed by atoms with E-state index in [1.54, 1.807) is 24.3 Å². The van der Waals surface area contributed by atoms with E-state index < -0.39 is 0 Å². The molecule has 0 radical (unpaired) electrons. The number of hydrogen-bond acceptors (Lipinski definition) is 4. The number of imidazole rings is 1. The molecule has 0 saturated carbocycles. The van der Waals surface area contributed by atoms with Crippen LogP contribution < -0.4 is 5.32 Å². The van der Waals surface area contributed by atoms with E-state index in [0.717, 1.165) is 57.4 Å². The summed E-state index contributed by atoms with van der Waals surface area (Å²) < 4.78 is 1.94. The molecule has 2 amide bonds. The van der Waals surface area contributed by atoms with Crippen molar-refractivity contribution in [3.05, 3.63) is 47.0 Å². The van der Waals surface area contributed by atoms with Crippen LogP contribution in [0.25, 0.3) is 0 Å². The first-order chi connectivity index (χ1) is 14.1. The van der Waals surface area contributed by atoms with Crippen molar-refractivity contribution in [3.8, 4) is 6.07 Å². The van der Waals surface area contributed by atoms with Crippen LogP contribution in [0.5, 0.6) is 0 Å². The molecule has 1 N–H and O–H groups in total. The standard InChI is InChI=1S/C22H25N5O2/c1-15-5-4-11-26(14-15)22(29)20-25-19(18-6-2-3-12-27(18)20)21(28)24-17-9-7-16(13-23)8-10-17/h7-10,15H,2-6,11-12,14H2,1H3,(H,24,28). The third kappa shape index (κ3) is 3.88. The van der Waals surface area contributed by atoms with Crippen LogP contribution in [-0.2, 0) is 13.0 Å². The average Bonchev–Trinajstić information content (AvgIpc) is 3.13. The summed E-state index contributed by atoms with van der Waals surface area (Å²) in [6.45, 7) is 4.37. The average molecular weight is 391 g/mol. The molecule has 1 unspecified atom stereocenters. The maximum absolute atomic E-state index is 13.2. The summed E-state index contributed by atoms with van der Waals surface area (Å²) >= 11 is 0. The lowest BCUT2D eigenvalue weighted by Gasteiger charge is -2.31. The minimum absolute atomic E-state index is 0.0721. The molecule has 7 heteroatoms. The number of nitrogens with one attached hydrogen (secondary N) is 1. The predicted octanol–water partition coefficient (Wildman–Crippen LogP) is 3.22. The number of amides is 2. The largest absolute Gasteiger partial charge is 0.336 e. The molecule has 1 aromatic heterocycles. The highest BCUT2D eigenvalue weighted by Gasteiger charge is 2.31. The fraction of sp³-hybridized carbons (Fsp3) is 0.455. The van der Waals surface area contributed by atoms with Crippen molar-refractivity contribution in [2.24, 2.45) is 5.92 Å². The van der Waals surface area contributed by atoms with E-state index >= 15 is 0 Å². The van der Waals surface area contributed by atoms with Crippen molar-refractivity contribution < 1.29 is 9.59 Å². The first-order valence-electron chi connectivity index (χ1n) is 10.3. The third-order valence-corrected chi connectivity index (χ3v) is 5.74. The van der Waals surface area contributed by atoms with E-state index in [9.17, 15) is 9.59 Å². The second-order valence-corrected chi connectivity index (χ2v) is 7.98. The zero-order valence-electron chi connectivity index (χ0n) is 16.6. The molecule has 2 aliphatic heterocycles. The van der Waals surface area contributed by atoms with Gasteiger partial charge in [-0.15, -0.1) is 0 Å². The topological polar surface area (TPSA) is 91.0 Å². The van der Waals surface area contributed by atoms with Crippen LogP contribution in [-0.4, -0.2) is 39.4 Å². The fourth-order valence-corrected chi connectivity index (χ4v) is 4.22. The molecule has 150 valence electrons. The normalized spacial score (nSPS) is 18.6. The lowest BCUT2D eigenvalue weighted by molar-refractivity contribution is 0.0664. The van der Waals surface area contributed by atoms with Crippen molar-refractivity contribution in [1.82, 2.24) is 14.5 Å². The van der Waals surface area contributed by atoms with Crippen LogP contribution >= 0.6 is 0 Å². The van der Waals surface area contributed by atoms with Gasteiger partial charge in [0.1, 0.15) is 0 Å². The Labute approximate surface area is 170 Å². The lowest BCUT2D eigenvalue weighted by Crippen LogP contribution is -2.40. The number of rotatable bonds is 3. The lowest BCUT2D eigenvalue weighted by atomic mass is 10.0. The van der Waals surface area contributed by atoms with Gasteiger partial charge in [-0.1, -0.05) is 6.92 Å². The van der Waals surface area contributed by atoms with E-state index in [1.165, 1.54) is 0 Å². The summed E-state index contributed by atoms with van der Waals surface area (Å²) in [6, 6.07) is 8.76. The van der Waals surface area contributed by atoms with E-state index in [1.807, 2.05) is 9.47 Å². The van der Waals surface area contributed by atoms with Gasteiger partial charge in [0.2, 0.25) is 0 Å². The van der Waals surface area contributed by atoms with Crippen molar-refractivity contribution in [2.75, 3.05) is 18.4 Å². The van der Waals surface area contributed by atoms with Gasteiger partial charge in [0, 0.05) is 25.3 Å². The Balaban J connectivity index is 1.61. The predicted molar refractivity (Wildman–Crippen MR) is 109 cm³/mol. The number of anilines is 1. The quantitative estimate of drug-likeness (QED) is 0.870. The Morgan fingerprint density at radius 3 is 2.69 bits per heavy atom. The molecule has 7 nitrogen and oxygen atoms in total. The third-order valence-electron chi connectivity index (χ3n) is 5.74. The van der Waals surface area contributed by atoms with Gasteiger partial charge in [0.05, 0.1) is 17.3 Å². The van der Waals surface area contributed by atoms with Gasteiger partial charge in [-0.2, -0.15) is 5.26 Å². The molecule has 0 bridgehead atoms. The molecule has 2 aromatic rings. The van der Waals surface area contributed by atoms with Gasteiger partial charge >= 0.3 is 0 Å². The Kier molecular flexibility index (Phi) is 5.34. The summed E-state index contributed by atoms with van der Waals surface area (Å²) in [5, 5.41) is 11.8. The fourth-order valence-electron chi connectivity index (χ4n) is 4.22. The second kappa shape index (κ2) is 8.08. The molecule has 1 aromatic carbocycles. The van der Waals surface area contributed by atoms with Crippen LogP contribution in [0, 0.1) is 17.2 Å². The summed E-state index contributed by atoms with van der Waals surface area (Å²) in [7, 11) is 0. The number of nitriles is 1. The van der Waals surface area contributed by atoms with E-state index in [4.69, 9.17) is 5.26 Å². The van der Waals surface area contributed by atoms with Gasteiger partial charge < -0.3 is 14.8 Å². The number of fused-ring (bicyclic) bond motifs is 1. The highest BCUT2D eigenvalue weighted by Crippen LogP contribution is 2.25. The molecule has 1 atom stereocenters. The number of carbonyl (C=O) groups excluding carboxylic acids is 2. The number of benzene rings is 1. The van der Waals surface area contributed by atoms with Crippen molar-refractivity contribution in [2.45, 2.75) is 45.6 Å². The zero-order chi connectivity index (χ0) is 20.4. The van der Waals surface area contributed by atoms with Crippen LogP contribution in [0.4, 0.5) is 5.69 Å². The van der Waals surface area contributed by atoms with Gasteiger partial charge in [0.25, 0.3) is 11.8 Å². The minimum atomic E-state index is -0.314. The van der Waals surface area contributed by atoms with E-state index in [0.29, 0.717) is 28.7 Å². The smallest absolute Gasteiger partial charge is 0.289 e. The maximum atomic E-state index is 13.2. The van der Waals surface area contributed by atoms with Crippen LogP contribution in [0.3, 0.4) is 0 Å². The van der Waals surface area contributed by atoms with Crippen LogP contribution in [0.2, 0.25) is 0 Å². The maximum Gasteiger partial charge on any atom is 0.289 e. The monoisotopic (exact) mass is 391 g/mol. The van der Waals surface area contributed by atoms with Gasteiger partial charge in [0.15, 0.2) is 11.5 Å². The zero-order valence-corrected chi connectivity index (χ0v) is 16.6.